The van der Waals surface area contributed by atoms with E-state index in [2.05, 4.69) is 25.6 Å². The molecule has 1 aliphatic rings. The summed E-state index contributed by atoms with van der Waals surface area (Å²) in [5.74, 6) is -0.969. The van der Waals surface area contributed by atoms with E-state index >= 15 is 8.78 Å². The van der Waals surface area contributed by atoms with Crippen LogP contribution in [0.2, 0.25) is 0 Å². The minimum Gasteiger partial charge on any atom is -0.497 e. The summed E-state index contributed by atoms with van der Waals surface area (Å²) in [6, 6.07) is 18.7. The molecular formula is C38H35F3N8O4. The molecule has 7 rings (SSSR count). The Kier molecular flexibility index (Phi) is 10.1. The van der Waals surface area contributed by atoms with Crippen molar-refractivity contribution < 1.29 is 27.4 Å². The Morgan fingerprint density at radius 2 is 1.77 bits per heavy atom. The van der Waals surface area contributed by atoms with Gasteiger partial charge in [0, 0.05) is 43.3 Å². The van der Waals surface area contributed by atoms with Crippen LogP contribution in [0.1, 0.15) is 29.3 Å². The molecule has 12 nitrogen and oxygen atoms in total. The first-order chi connectivity index (χ1) is 25.7. The SMILES string of the molecule is CCN1CC[C@@H](Nc2nn(Cc3ccc(OC)cc3)c3nccc(Oc4ccc(NC(=O)c5ccnn(-c6ccc(F)cc6)c5=O)cc4F)c23)[C@@H](F)C1. The molecule has 2 atom stereocenters. The number of pyridine rings is 1. The number of carbonyl (C=O) groups is 1. The Balaban J connectivity index is 1.15. The van der Waals surface area contributed by atoms with Crippen LogP contribution in [0.4, 0.5) is 24.7 Å². The maximum Gasteiger partial charge on any atom is 0.284 e. The summed E-state index contributed by atoms with van der Waals surface area (Å²) in [7, 11) is 1.59. The van der Waals surface area contributed by atoms with Crippen LogP contribution in [-0.2, 0) is 6.54 Å². The van der Waals surface area contributed by atoms with Gasteiger partial charge in [-0.05, 0) is 73.1 Å². The van der Waals surface area contributed by atoms with Crippen molar-refractivity contribution in [2.75, 3.05) is 37.4 Å². The second-order valence-electron chi connectivity index (χ2n) is 12.5. The van der Waals surface area contributed by atoms with Crippen molar-refractivity contribution in [2.45, 2.75) is 32.1 Å². The van der Waals surface area contributed by atoms with Gasteiger partial charge >= 0.3 is 0 Å². The number of nitrogens with one attached hydrogen (secondary N) is 2. The molecule has 53 heavy (non-hydrogen) atoms. The van der Waals surface area contributed by atoms with E-state index in [1.54, 1.807) is 17.9 Å². The van der Waals surface area contributed by atoms with Crippen molar-refractivity contribution in [3.05, 3.63) is 124 Å². The van der Waals surface area contributed by atoms with Gasteiger partial charge in [-0.2, -0.15) is 14.9 Å². The molecule has 2 N–H and O–H groups in total. The van der Waals surface area contributed by atoms with Gasteiger partial charge in [0.1, 0.15) is 34.4 Å². The number of nitrogens with zero attached hydrogens (tertiary/aromatic N) is 6. The Morgan fingerprint density at radius 3 is 2.49 bits per heavy atom. The summed E-state index contributed by atoms with van der Waals surface area (Å²) in [6.07, 6.45) is 2.19. The first-order valence-electron chi connectivity index (χ1n) is 16.9. The Labute approximate surface area is 301 Å². The monoisotopic (exact) mass is 724 g/mol. The van der Waals surface area contributed by atoms with Crippen LogP contribution >= 0.6 is 0 Å². The highest BCUT2D eigenvalue weighted by atomic mass is 19.1. The van der Waals surface area contributed by atoms with Crippen LogP contribution in [0.15, 0.2) is 96.1 Å². The Morgan fingerprint density at radius 1 is 0.981 bits per heavy atom. The van der Waals surface area contributed by atoms with E-state index < -0.39 is 35.3 Å². The minimum atomic E-state index is -1.15. The first-order valence-corrected chi connectivity index (χ1v) is 16.9. The van der Waals surface area contributed by atoms with Gasteiger partial charge < -0.3 is 25.0 Å². The number of methoxy groups -OCH3 is 1. The van der Waals surface area contributed by atoms with E-state index in [0.29, 0.717) is 42.1 Å². The number of ether oxygens (including phenoxy) is 2. The van der Waals surface area contributed by atoms with Gasteiger partial charge in [-0.15, -0.1) is 0 Å². The largest absolute Gasteiger partial charge is 0.497 e. The number of benzene rings is 3. The number of piperidine rings is 1. The lowest BCUT2D eigenvalue weighted by atomic mass is 10.0. The highest BCUT2D eigenvalue weighted by Gasteiger charge is 2.30. The zero-order valence-electron chi connectivity index (χ0n) is 28.8. The van der Waals surface area contributed by atoms with Crippen LogP contribution in [-0.4, -0.2) is 74.3 Å². The molecule has 1 saturated heterocycles. The number of fused-ring (bicyclic) bond motifs is 1. The average molecular weight is 725 g/mol. The molecule has 6 aromatic rings. The van der Waals surface area contributed by atoms with Gasteiger partial charge in [0.15, 0.2) is 23.0 Å². The summed E-state index contributed by atoms with van der Waals surface area (Å²) in [5.41, 5.74) is 0.679. The molecule has 0 aliphatic carbocycles. The molecule has 272 valence electrons. The Hall–Kier alpha value is -6.22. The maximum absolute atomic E-state index is 15.6. The van der Waals surface area contributed by atoms with E-state index in [4.69, 9.17) is 14.6 Å². The molecule has 3 aromatic heterocycles. The van der Waals surface area contributed by atoms with Gasteiger partial charge in [0.25, 0.3) is 11.5 Å². The van der Waals surface area contributed by atoms with Crippen LogP contribution in [0.3, 0.4) is 0 Å². The highest BCUT2D eigenvalue weighted by Crippen LogP contribution is 2.37. The zero-order valence-corrected chi connectivity index (χ0v) is 28.8. The summed E-state index contributed by atoms with van der Waals surface area (Å²) in [6.45, 7) is 4.10. The maximum atomic E-state index is 15.6. The topological polar surface area (TPSA) is 128 Å². The van der Waals surface area contributed by atoms with Crippen molar-refractivity contribution in [2.24, 2.45) is 0 Å². The lowest BCUT2D eigenvalue weighted by Crippen LogP contribution is -2.47. The normalized spacial score (nSPS) is 16.0. The fourth-order valence-electron chi connectivity index (χ4n) is 6.19. The summed E-state index contributed by atoms with van der Waals surface area (Å²) >= 11 is 0. The molecule has 3 aromatic carbocycles. The minimum absolute atomic E-state index is 0.0614. The number of carbonyl (C=O) groups excluding carboxylic acids is 1. The van der Waals surface area contributed by atoms with E-state index in [-0.39, 0.29) is 28.4 Å². The molecule has 1 fully saturated rings. The average Bonchev–Trinajstić information content (AvgIpc) is 3.51. The third-order valence-electron chi connectivity index (χ3n) is 9.05. The Bertz CT molecular complexity index is 2310. The van der Waals surface area contributed by atoms with Crippen molar-refractivity contribution >= 4 is 28.4 Å². The number of halogens is 3. The van der Waals surface area contributed by atoms with E-state index in [9.17, 15) is 14.0 Å². The third-order valence-corrected chi connectivity index (χ3v) is 9.05. The molecule has 1 amide bonds. The van der Waals surface area contributed by atoms with Gasteiger partial charge in [-0.25, -0.2) is 22.8 Å². The van der Waals surface area contributed by atoms with E-state index in [0.717, 1.165) is 29.4 Å². The number of anilines is 2. The fraction of sp³-hybridized carbons (Fsp3) is 0.237. The number of hydrogen-bond donors (Lipinski definition) is 2. The molecular weight excluding hydrogens is 689 g/mol. The first kappa shape index (κ1) is 35.2. The molecule has 0 bridgehead atoms. The lowest BCUT2D eigenvalue weighted by Gasteiger charge is -2.34. The van der Waals surface area contributed by atoms with Crippen molar-refractivity contribution in [1.29, 1.82) is 0 Å². The molecule has 0 saturated carbocycles. The molecule has 0 radical (unpaired) electrons. The van der Waals surface area contributed by atoms with Crippen molar-refractivity contribution in [3.63, 3.8) is 0 Å². The number of alkyl halides is 1. The summed E-state index contributed by atoms with van der Waals surface area (Å²) in [5, 5.41) is 15.0. The number of aromatic nitrogens is 5. The van der Waals surface area contributed by atoms with Crippen molar-refractivity contribution in [3.8, 4) is 22.9 Å². The standard InChI is InChI=1S/C38H35F3N8O4/c1-3-47-19-16-31(30(41)22-47)45-35-34-33(15-17-42-36(34)48(46-35)21-23-4-11-27(52-2)12-5-23)53-32-13-8-25(20-29(32)40)44-37(50)28-14-18-43-49(38(28)51)26-9-6-24(39)7-10-26/h4-15,17-18,20,30-31H,3,16,19,21-22H2,1-2H3,(H,44,50)(H,45,46)/t30-,31+/m0/s1. The molecule has 15 heteroatoms. The zero-order chi connectivity index (χ0) is 37.1. The predicted molar refractivity (Wildman–Crippen MR) is 193 cm³/mol. The van der Waals surface area contributed by atoms with Crippen LogP contribution < -0.4 is 25.7 Å². The third kappa shape index (κ3) is 7.55. The van der Waals surface area contributed by atoms with Crippen molar-refractivity contribution in [1.82, 2.24) is 29.4 Å². The van der Waals surface area contributed by atoms with Crippen LogP contribution in [0, 0.1) is 11.6 Å². The smallest absolute Gasteiger partial charge is 0.284 e. The van der Waals surface area contributed by atoms with Crippen LogP contribution in [0.5, 0.6) is 17.2 Å². The predicted octanol–water partition coefficient (Wildman–Crippen LogP) is 6.20. The lowest BCUT2D eigenvalue weighted by molar-refractivity contribution is 0.102. The number of likely N-dealkylation sites (tertiary alicyclic amines) is 1. The van der Waals surface area contributed by atoms with E-state index in [1.165, 1.54) is 54.9 Å². The van der Waals surface area contributed by atoms with Gasteiger partial charge in [0.05, 0.1) is 25.4 Å². The molecule has 0 spiro atoms. The number of rotatable bonds is 11. The van der Waals surface area contributed by atoms with E-state index in [1.807, 2.05) is 31.2 Å². The second-order valence-corrected chi connectivity index (χ2v) is 12.5. The van der Waals surface area contributed by atoms with Gasteiger partial charge in [0.2, 0.25) is 0 Å². The quantitative estimate of drug-likeness (QED) is 0.161. The molecule has 1 aliphatic heterocycles. The highest BCUT2D eigenvalue weighted by molar-refractivity contribution is 6.04. The number of amides is 1. The summed E-state index contributed by atoms with van der Waals surface area (Å²) < 4.78 is 58.4. The number of hydrogen-bond acceptors (Lipinski definition) is 9. The second kappa shape index (κ2) is 15.2. The fourth-order valence-corrected chi connectivity index (χ4v) is 6.19. The van der Waals surface area contributed by atoms with Gasteiger partial charge in [-0.1, -0.05) is 19.1 Å². The van der Waals surface area contributed by atoms with Crippen LogP contribution in [0.25, 0.3) is 16.7 Å². The summed E-state index contributed by atoms with van der Waals surface area (Å²) in [4.78, 5) is 32.8. The molecule has 4 heterocycles. The molecule has 0 unspecified atom stereocenters. The van der Waals surface area contributed by atoms with Gasteiger partial charge in [-0.3, -0.25) is 9.59 Å².